The number of hydrogen-bond donors (Lipinski definition) is 0. The highest BCUT2D eigenvalue weighted by Crippen LogP contribution is 2.47. The summed E-state index contributed by atoms with van der Waals surface area (Å²) >= 11 is 0. The van der Waals surface area contributed by atoms with Crippen LogP contribution in [0.15, 0.2) is 0 Å². The molecule has 0 nitrogen and oxygen atoms in total. The van der Waals surface area contributed by atoms with E-state index < -0.39 is 0 Å². The van der Waals surface area contributed by atoms with Gasteiger partial charge in [0.25, 0.3) is 0 Å². The van der Waals surface area contributed by atoms with Gasteiger partial charge in [-0.15, -0.1) is 0 Å². The van der Waals surface area contributed by atoms with Crippen LogP contribution in [0.25, 0.3) is 0 Å². The molecule has 1 saturated carbocycles. The van der Waals surface area contributed by atoms with Gasteiger partial charge in [0.1, 0.15) is 0 Å². The Labute approximate surface area is 148 Å². The molecule has 0 N–H and O–H groups in total. The van der Waals surface area contributed by atoms with E-state index in [0.717, 1.165) is 59.2 Å². The van der Waals surface area contributed by atoms with Gasteiger partial charge in [-0.1, -0.05) is 75.7 Å². The van der Waals surface area contributed by atoms with E-state index in [2.05, 4.69) is 69.2 Å². The van der Waals surface area contributed by atoms with Gasteiger partial charge in [0.05, 0.1) is 0 Å². The fourth-order valence-corrected chi connectivity index (χ4v) is 5.76. The topological polar surface area (TPSA) is 0 Å². The molecule has 1 fully saturated rings. The van der Waals surface area contributed by atoms with Gasteiger partial charge in [-0.2, -0.15) is 0 Å². The molecule has 8 unspecified atom stereocenters. The van der Waals surface area contributed by atoms with E-state index in [-0.39, 0.29) is 0 Å². The third kappa shape index (κ3) is 4.99. The second-order valence-corrected chi connectivity index (χ2v) is 9.92. The number of hydrogen-bond acceptors (Lipinski definition) is 0. The predicted octanol–water partition coefficient (Wildman–Crippen LogP) is 7.53. The fraction of sp³-hybridized carbons (Fsp3) is 1.00. The van der Waals surface area contributed by atoms with Gasteiger partial charge in [0.15, 0.2) is 0 Å². The molecule has 0 aliphatic heterocycles. The SMILES string of the molecule is CCC(C(C)CC(C)C1CC(C)C1C)C(C(C)C)C(C)C(C)C. The van der Waals surface area contributed by atoms with Crippen molar-refractivity contribution in [3.63, 3.8) is 0 Å². The minimum Gasteiger partial charge on any atom is -0.0651 e. The summed E-state index contributed by atoms with van der Waals surface area (Å²) in [6.45, 7) is 24.7. The Morgan fingerprint density at radius 1 is 0.870 bits per heavy atom. The summed E-state index contributed by atoms with van der Waals surface area (Å²) in [5, 5.41) is 0. The summed E-state index contributed by atoms with van der Waals surface area (Å²) in [6.07, 6.45) is 4.26. The largest absolute Gasteiger partial charge is 0.0651 e. The summed E-state index contributed by atoms with van der Waals surface area (Å²) in [4.78, 5) is 0. The monoisotopic (exact) mass is 322 g/mol. The van der Waals surface area contributed by atoms with Gasteiger partial charge in [-0.25, -0.2) is 0 Å². The second-order valence-electron chi connectivity index (χ2n) is 9.92. The van der Waals surface area contributed by atoms with Gasteiger partial charge >= 0.3 is 0 Å². The van der Waals surface area contributed by atoms with Crippen LogP contribution in [-0.4, -0.2) is 0 Å². The van der Waals surface area contributed by atoms with Crippen LogP contribution < -0.4 is 0 Å². The summed E-state index contributed by atoms with van der Waals surface area (Å²) < 4.78 is 0. The lowest BCUT2D eigenvalue weighted by Gasteiger charge is -2.46. The molecular weight excluding hydrogens is 276 g/mol. The van der Waals surface area contributed by atoms with Crippen LogP contribution in [0, 0.1) is 59.2 Å². The molecule has 1 rings (SSSR count). The van der Waals surface area contributed by atoms with Gasteiger partial charge in [-0.3, -0.25) is 0 Å². The van der Waals surface area contributed by atoms with Crippen molar-refractivity contribution in [2.45, 2.75) is 88.5 Å². The van der Waals surface area contributed by atoms with Gasteiger partial charge in [0.2, 0.25) is 0 Å². The zero-order valence-corrected chi connectivity index (χ0v) is 17.9. The lowest BCUT2D eigenvalue weighted by Crippen LogP contribution is -2.39. The third-order valence-electron chi connectivity index (χ3n) is 7.82. The predicted molar refractivity (Wildman–Crippen MR) is 105 cm³/mol. The zero-order chi connectivity index (χ0) is 17.9. The molecular formula is C23H46. The van der Waals surface area contributed by atoms with Crippen molar-refractivity contribution >= 4 is 0 Å². The molecule has 0 aromatic heterocycles. The lowest BCUT2D eigenvalue weighted by molar-refractivity contribution is 0.0281. The molecule has 0 spiro atoms. The van der Waals surface area contributed by atoms with E-state index in [4.69, 9.17) is 0 Å². The summed E-state index contributed by atoms with van der Waals surface area (Å²) in [6, 6.07) is 0. The van der Waals surface area contributed by atoms with Crippen molar-refractivity contribution in [1.29, 1.82) is 0 Å². The average molecular weight is 323 g/mol. The van der Waals surface area contributed by atoms with Gasteiger partial charge in [-0.05, 0) is 72.0 Å². The Balaban J connectivity index is 2.74. The molecule has 0 radical (unpaired) electrons. The second kappa shape index (κ2) is 8.91. The van der Waals surface area contributed by atoms with Crippen molar-refractivity contribution in [3.05, 3.63) is 0 Å². The maximum absolute atomic E-state index is 2.56. The normalized spacial score (nSPS) is 31.6. The van der Waals surface area contributed by atoms with E-state index in [1.165, 1.54) is 19.3 Å². The zero-order valence-electron chi connectivity index (χ0n) is 17.9. The van der Waals surface area contributed by atoms with E-state index in [1.807, 2.05) is 0 Å². The average Bonchev–Trinajstić information content (AvgIpc) is 2.47. The molecule has 23 heavy (non-hydrogen) atoms. The summed E-state index contributed by atoms with van der Waals surface area (Å²) in [7, 11) is 0. The first kappa shape index (κ1) is 21.0. The molecule has 0 bridgehead atoms. The molecule has 1 aliphatic rings. The molecule has 138 valence electrons. The van der Waals surface area contributed by atoms with E-state index in [9.17, 15) is 0 Å². The van der Waals surface area contributed by atoms with E-state index >= 15 is 0 Å². The molecule has 1 aliphatic carbocycles. The molecule has 0 amide bonds. The Bertz CT molecular complexity index is 329. The maximum Gasteiger partial charge on any atom is -0.0332 e. The maximum atomic E-state index is 2.56. The van der Waals surface area contributed by atoms with Crippen molar-refractivity contribution < 1.29 is 0 Å². The Morgan fingerprint density at radius 2 is 1.43 bits per heavy atom. The summed E-state index contributed by atoms with van der Waals surface area (Å²) in [5.41, 5.74) is 0. The first-order valence-electron chi connectivity index (χ1n) is 10.6. The highest BCUT2D eigenvalue weighted by Gasteiger charge is 2.39. The minimum atomic E-state index is 0.800. The quantitative estimate of drug-likeness (QED) is 0.411. The fourth-order valence-electron chi connectivity index (χ4n) is 5.76. The molecule has 0 heterocycles. The van der Waals surface area contributed by atoms with Crippen LogP contribution in [0.4, 0.5) is 0 Å². The Morgan fingerprint density at radius 3 is 1.78 bits per heavy atom. The van der Waals surface area contributed by atoms with Crippen LogP contribution >= 0.6 is 0 Å². The Kier molecular flexibility index (Phi) is 8.15. The standard InChI is InChI=1S/C23H46/c1-11-21(23(15(4)5)19(9)14(2)3)17(7)12-18(8)22-13-16(6)20(22)10/h14-23H,11-13H2,1-10H3. The minimum absolute atomic E-state index is 0.800. The Hall–Kier alpha value is 0. The molecule has 0 aromatic rings. The first-order valence-corrected chi connectivity index (χ1v) is 10.6. The van der Waals surface area contributed by atoms with Crippen molar-refractivity contribution in [1.82, 2.24) is 0 Å². The van der Waals surface area contributed by atoms with Crippen LogP contribution in [0.5, 0.6) is 0 Å². The summed E-state index contributed by atoms with van der Waals surface area (Å²) in [5.74, 6) is 8.88. The van der Waals surface area contributed by atoms with E-state index in [0.29, 0.717) is 0 Å². The molecule has 0 aromatic carbocycles. The van der Waals surface area contributed by atoms with Crippen LogP contribution in [0.2, 0.25) is 0 Å². The van der Waals surface area contributed by atoms with Gasteiger partial charge in [0, 0.05) is 0 Å². The van der Waals surface area contributed by atoms with Gasteiger partial charge < -0.3 is 0 Å². The molecule has 0 heteroatoms. The first-order chi connectivity index (χ1) is 10.6. The molecule has 0 saturated heterocycles. The highest BCUT2D eigenvalue weighted by molar-refractivity contribution is 4.89. The van der Waals surface area contributed by atoms with Crippen molar-refractivity contribution in [2.75, 3.05) is 0 Å². The van der Waals surface area contributed by atoms with E-state index in [1.54, 1.807) is 0 Å². The van der Waals surface area contributed by atoms with Crippen LogP contribution in [-0.2, 0) is 0 Å². The van der Waals surface area contributed by atoms with Crippen LogP contribution in [0.3, 0.4) is 0 Å². The smallest absolute Gasteiger partial charge is 0.0332 e. The number of rotatable bonds is 9. The highest BCUT2D eigenvalue weighted by atomic mass is 14.4. The lowest BCUT2D eigenvalue weighted by atomic mass is 9.59. The van der Waals surface area contributed by atoms with Crippen molar-refractivity contribution in [3.8, 4) is 0 Å². The van der Waals surface area contributed by atoms with Crippen molar-refractivity contribution in [2.24, 2.45) is 59.2 Å². The van der Waals surface area contributed by atoms with Crippen LogP contribution in [0.1, 0.15) is 88.5 Å². The molecule has 8 atom stereocenters. The third-order valence-corrected chi connectivity index (χ3v) is 7.82.